The SMILES string of the molecule is CCCCOCC(CC)N1C(=O)c2ccc3c4c(ccc(c24)C1=O)C(=O)N(C)C3=O. The van der Waals surface area contributed by atoms with Crippen molar-refractivity contribution in [3.63, 3.8) is 0 Å². The molecule has 0 saturated carbocycles. The Hall–Kier alpha value is -3.06. The number of amides is 4. The number of ether oxygens (including phenoxy) is 1. The largest absolute Gasteiger partial charge is 0.379 e. The number of imide groups is 2. The first kappa shape index (κ1) is 20.2. The van der Waals surface area contributed by atoms with Crippen molar-refractivity contribution < 1.29 is 23.9 Å². The van der Waals surface area contributed by atoms with Crippen molar-refractivity contribution in [2.75, 3.05) is 20.3 Å². The van der Waals surface area contributed by atoms with Gasteiger partial charge in [-0.2, -0.15) is 0 Å². The summed E-state index contributed by atoms with van der Waals surface area (Å²) in [5, 5.41) is 0.791. The molecule has 2 heterocycles. The van der Waals surface area contributed by atoms with Gasteiger partial charge in [-0.25, -0.2) is 0 Å². The molecule has 0 saturated heterocycles. The van der Waals surface area contributed by atoms with E-state index in [9.17, 15) is 19.2 Å². The molecule has 4 rings (SSSR count). The lowest BCUT2D eigenvalue weighted by molar-refractivity contribution is 0.0345. The van der Waals surface area contributed by atoms with Crippen LogP contribution >= 0.6 is 0 Å². The van der Waals surface area contributed by atoms with Crippen molar-refractivity contribution in [2.45, 2.75) is 39.2 Å². The van der Waals surface area contributed by atoms with Gasteiger partial charge >= 0.3 is 0 Å². The molecular weight excluding hydrogens is 384 g/mol. The Morgan fingerprint density at radius 3 is 1.70 bits per heavy atom. The summed E-state index contributed by atoms with van der Waals surface area (Å²) in [7, 11) is 1.43. The van der Waals surface area contributed by atoms with Gasteiger partial charge in [-0.05, 0) is 37.1 Å². The Morgan fingerprint density at radius 2 is 1.27 bits per heavy atom. The number of nitrogens with zero attached hydrogens (tertiary/aromatic N) is 2. The lowest BCUT2D eigenvalue weighted by Crippen LogP contribution is -2.49. The molecular formula is C23H24N2O5. The Morgan fingerprint density at radius 1 is 0.800 bits per heavy atom. The molecule has 2 aliphatic rings. The molecule has 0 fully saturated rings. The molecule has 2 aliphatic heterocycles. The van der Waals surface area contributed by atoms with Crippen LogP contribution in [0.4, 0.5) is 0 Å². The van der Waals surface area contributed by atoms with Crippen molar-refractivity contribution in [3.8, 4) is 0 Å². The van der Waals surface area contributed by atoms with E-state index in [1.54, 1.807) is 24.3 Å². The molecule has 7 heteroatoms. The number of hydrogen-bond donors (Lipinski definition) is 0. The molecule has 2 aromatic carbocycles. The van der Waals surface area contributed by atoms with E-state index in [-0.39, 0.29) is 12.6 Å². The minimum Gasteiger partial charge on any atom is -0.379 e. The van der Waals surface area contributed by atoms with E-state index in [0.29, 0.717) is 46.1 Å². The second-order valence-corrected chi connectivity index (χ2v) is 7.71. The molecule has 0 spiro atoms. The van der Waals surface area contributed by atoms with E-state index >= 15 is 0 Å². The zero-order valence-electron chi connectivity index (χ0n) is 17.4. The van der Waals surface area contributed by atoms with Crippen LogP contribution in [0.15, 0.2) is 24.3 Å². The predicted molar refractivity (Wildman–Crippen MR) is 111 cm³/mol. The van der Waals surface area contributed by atoms with Crippen LogP contribution in [0, 0.1) is 0 Å². The molecule has 0 radical (unpaired) electrons. The van der Waals surface area contributed by atoms with Crippen LogP contribution in [0.2, 0.25) is 0 Å². The highest BCUT2D eigenvalue weighted by Crippen LogP contribution is 2.38. The summed E-state index contributed by atoms with van der Waals surface area (Å²) >= 11 is 0. The van der Waals surface area contributed by atoms with Crippen LogP contribution in [0.25, 0.3) is 10.8 Å². The fourth-order valence-corrected chi connectivity index (χ4v) is 4.19. The van der Waals surface area contributed by atoms with Crippen LogP contribution in [0.5, 0.6) is 0 Å². The zero-order chi connectivity index (χ0) is 21.6. The smallest absolute Gasteiger partial charge is 0.261 e. The maximum Gasteiger partial charge on any atom is 0.261 e. The van der Waals surface area contributed by atoms with E-state index in [0.717, 1.165) is 17.7 Å². The maximum absolute atomic E-state index is 13.3. The van der Waals surface area contributed by atoms with Gasteiger partial charge in [0.2, 0.25) is 0 Å². The lowest BCUT2D eigenvalue weighted by Gasteiger charge is -2.34. The van der Waals surface area contributed by atoms with Crippen LogP contribution in [0.3, 0.4) is 0 Å². The van der Waals surface area contributed by atoms with Gasteiger partial charge in [0, 0.05) is 46.7 Å². The van der Waals surface area contributed by atoms with Crippen molar-refractivity contribution in [3.05, 3.63) is 46.5 Å². The van der Waals surface area contributed by atoms with E-state index in [1.165, 1.54) is 11.9 Å². The number of hydrogen-bond acceptors (Lipinski definition) is 5. The zero-order valence-corrected chi connectivity index (χ0v) is 17.4. The highest BCUT2D eigenvalue weighted by molar-refractivity contribution is 6.33. The summed E-state index contributed by atoms with van der Waals surface area (Å²) < 4.78 is 5.70. The normalized spacial score (nSPS) is 16.6. The molecule has 1 unspecified atom stereocenters. The molecule has 2 aromatic rings. The predicted octanol–water partition coefficient (Wildman–Crippen LogP) is 3.26. The highest BCUT2D eigenvalue weighted by atomic mass is 16.5. The van der Waals surface area contributed by atoms with E-state index in [2.05, 4.69) is 6.92 Å². The second-order valence-electron chi connectivity index (χ2n) is 7.71. The third kappa shape index (κ3) is 2.84. The van der Waals surface area contributed by atoms with Crippen LogP contribution in [-0.2, 0) is 4.74 Å². The molecule has 4 amide bonds. The first-order chi connectivity index (χ1) is 14.4. The summed E-state index contributed by atoms with van der Waals surface area (Å²) in [4.78, 5) is 54.2. The highest BCUT2D eigenvalue weighted by Gasteiger charge is 2.40. The first-order valence-electron chi connectivity index (χ1n) is 10.3. The quantitative estimate of drug-likeness (QED) is 0.519. The monoisotopic (exact) mass is 408 g/mol. The van der Waals surface area contributed by atoms with Crippen LogP contribution in [-0.4, -0.2) is 59.7 Å². The number of unbranched alkanes of at least 4 members (excludes halogenated alkanes) is 1. The molecule has 30 heavy (non-hydrogen) atoms. The minimum absolute atomic E-state index is 0.282. The number of carbonyl (C=O) groups is 4. The number of rotatable bonds is 7. The average Bonchev–Trinajstić information content (AvgIpc) is 2.75. The van der Waals surface area contributed by atoms with Gasteiger partial charge in [0.05, 0.1) is 12.6 Å². The van der Waals surface area contributed by atoms with Gasteiger partial charge in [0.25, 0.3) is 23.6 Å². The fourth-order valence-electron chi connectivity index (χ4n) is 4.19. The third-order valence-electron chi connectivity index (χ3n) is 5.92. The number of carbonyl (C=O) groups excluding carboxylic acids is 4. The summed E-state index contributed by atoms with van der Waals surface area (Å²) in [6.45, 7) is 4.85. The lowest BCUT2D eigenvalue weighted by atomic mass is 9.85. The molecule has 0 aromatic heterocycles. The third-order valence-corrected chi connectivity index (χ3v) is 5.92. The van der Waals surface area contributed by atoms with Crippen molar-refractivity contribution in [1.82, 2.24) is 9.80 Å². The van der Waals surface area contributed by atoms with Crippen molar-refractivity contribution in [2.24, 2.45) is 0 Å². The van der Waals surface area contributed by atoms with Gasteiger partial charge in [-0.1, -0.05) is 20.3 Å². The van der Waals surface area contributed by atoms with Gasteiger partial charge < -0.3 is 4.74 Å². The Kier molecular flexibility index (Phi) is 5.15. The van der Waals surface area contributed by atoms with Gasteiger partial charge in [0.15, 0.2) is 0 Å². The van der Waals surface area contributed by atoms with Crippen molar-refractivity contribution in [1.29, 1.82) is 0 Å². The standard InChI is InChI=1S/C23H24N2O5/c1-4-6-11-30-12-13(5-2)25-22(28)16-9-7-14-18-15(21(27)24(3)20(14)26)8-10-17(19(16)18)23(25)29/h7-10,13H,4-6,11-12H2,1-3H3. The Labute approximate surface area is 174 Å². The molecule has 0 aliphatic carbocycles. The molecule has 0 N–H and O–H groups in total. The van der Waals surface area contributed by atoms with E-state index < -0.39 is 23.6 Å². The Balaban J connectivity index is 1.81. The number of benzene rings is 2. The first-order valence-corrected chi connectivity index (χ1v) is 10.3. The molecule has 7 nitrogen and oxygen atoms in total. The second kappa shape index (κ2) is 7.65. The summed E-state index contributed by atoms with van der Waals surface area (Å²) in [6, 6.07) is 5.92. The van der Waals surface area contributed by atoms with Crippen LogP contribution < -0.4 is 0 Å². The summed E-state index contributed by atoms with van der Waals surface area (Å²) in [6.07, 6.45) is 2.49. The summed E-state index contributed by atoms with van der Waals surface area (Å²) in [5.41, 5.74) is 1.33. The van der Waals surface area contributed by atoms with Crippen molar-refractivity contribution >= 4 is 34.4 Å². The summed E-state index contributed by atoms with van der Waals surface area (Å²) in [5.74, 6) is -1.70. The van der Waals surface area contributed by atoms with E-state index in [4.69, 9.17) is 4.74 Å². The topological polar surface area (TPSA) is 84.0 Å². The molecule has 156 valence electrons. The van der Waals surface area contributed by atoms with E-state index in [1.807, 2.05) is 6.92 Å². The van der Waals surface area contributed by atoms with Crippen LogP contribution in [0.1, 0.15) is 74.5 Å². The minimum atomic E-state index is -0.436. The maximum atomic E-state index is 13.3. The average molecular weight is 408 g/mol. The fraction of sp³-hybridized carbons (Fsp3) is 0.391. The molecule has 0 bridgehead atoms. The van der Waals surface area contributed by atoms with Gasteiger partial charge in [-0.15, -0.1) is 0 Å². The van der Waals surface area contributed by atoms with Gasteiger partial charge in [-0.3, -0.25) is 29.0 Å². The molecule has 1 atom stereocenters. The van der Waals surface area contributed by atoms with Gasteiger partial charge in [0.1, 0.15) is 0 Å². The Bertz CT molecular complexity index is 1020.